The Morgan fingerprint density at radius 2 is 1.89 bits per heavy atom. The molecule has 1 heterocycles. The van der Waals surface area contributed by atoms with E-state index in [0.29, 0.717) is 6.54 Å². The van der Waals surface area contributed by atoms with Crippen LogP contribution in [0.2, 0.25) is 0 Å². The van der Waals surface area contributed by atoms with E-state index in [1.807, 2.05) is 6.07 Å². The lowest BCUT2D eigenvalue weighted by Crippen LogP contribution is -2.16. The molecule has 0 bridgehead atoms. The molecule has 0 fully saturated rings. The number of hydrogen-bond acceptors (Lipinski definition) is 3. The first-order valence-electron chi connectivity index (χ1n) is 6.47. The molecule has 0 radical (unpaired) electrons. The normalized spacial score (nSPS) is 15.4. The fourth-order valence-corrected chi connectivity index (χ4v) is 2.69. The minimum Gasteiger partial charge on any atom is -0.329 e. The van der Waals surface area contributed by atoms with E-state index < -0.39 is 0 Å². The predicted molar refractivity (Wildman–Crippen MR) is 71.4 cm³/mol. The van der Waals surface area contributed by atoms with E-state index in [2.05, 4.69) is 28.2 Å². The molecular formula is C15H17N3. The lowest BCUT2D eigenvalue weighted by molar-refractivity contribution is 0.748. The second kappa shape index (κ2) is 4.86. The van der Waals surface area contributed by atoms with Gasteiger partial charge in [0, 0.05) is 18.9 Å². The average molecular weight is 239 g/mol. The molecule has 1 aromatic carbocycles. The monoisotopic (exact) mass is 239 g/mol. The molecule has 0 saturated carbocycles. The van der Waals surface area contributed by atoms with E-state index in [0.717, 1.165) is 5.82 Å². The number of rotatable bonds is 3. The molecule has 3 rings (SSSR count). The molecule has 1 aliphatic carbocycles. The van der Waals surface area contributed by atoms with E-state index in [-0.39, 0.29) is 5.92 Å². The Balaban J connectivity index is 1.97. The van der Waals surface area contributed by atoms with Crippen molar-refractivity contribution in [3.63, 3.8) is 0 Å². The number of aromatic nitrogens is 2. The molecular weight excluding hydrogens is 222 g/mol. The zero-order valence-electron chi connectivity index (χ0n) is 10.3. The fourth-order valence-electron chi connectivity index (χ4n) is 2.69. The number of hydrogen-bond donors (Lipinski definition) is 1. The summed E-state index contributed by atoms with van der Waals surface area (Å²) in [5.74, 6) is 0.926. The summed E-state index contributed by atoms with van der Waals surface area (Å²) in [6, 6.07) is 8.54. The molecule has 2 N–H and O–H groups in total. The van der Waals surface area contributed by atoms with Crippen LogP contribution in [0, 0.1) is 0 Å². The summed E-state index contributed by atoms with van der Waals surface area (Å²) in [6.07, 6.45) is 7.23. The molecule has 1 unspecified atom stereocenters. The highest BCUT2D eigenvalue weighted by Gasteiger charge is 2.18. The van der Waals surface area contributed by atoms with Gasteiger partial charge >= 0.3 is 0 Å². The largest absolute Gasteiger partial charge is 0.329 e. The molecule has 1 aliphatic rings. The van der Waals surface area contributed by atoms with Crippen LogP contribution >= 0.6 is 0 Å². The summed E-state index contributed by atoms with van der Waals surface area (Å²) in [5.41, 5.74) is 10.1. The highest BCUT2D eigenvalue weighted by Crippen LogP contribution is 2.27. The summed E-state index contributed by atoms with van der Waals surface area (Å²) < 4.78 is 0. The number of benzene rings is 1. The van der Waals surface area contributed by atoms with E-state index in [1.54, 1.807) is 12.4 Å². The molecule has 0 amide bonds. The van der Waals surface area contributed by atoms with Crippen LogP contribution in [0.5, 0.6) is 0 Å². The molecule has 2 aromatic rings. The van der Waals surface area contributed by atoms with Crippen molar-refractivity contribution in [1.82, 2.24) is 9.97 Å². The van der Waals surface area contributed by atoms with E-state index in [4.69, 9.17) is 5.73 Å². The van der Waals surface area contributed by atoms with Crippen molar-refractivity contribution in [2.45, 2.75) is 25.2 Å². The van der Waals surface area contributed by atoms with Crippen LogP contribution in [0.3, 0.4) is 0 Å². The zero-order valence-corrected chi connectivity index (χ0v) is 10.3. The lowest BCUT2D eigenvalue weighted by Gasteiger charge is -2.14. The Bertz CT molecular complexity index is 537. The smallest absolute Gasteiger partial charge is 0.136 e. The third kappa shape index (κ3) is 2.02. The second-order valence-corrected chi connectivity index (χ2v) is 4.78. The molecule has 18 heavy (non-hydrogen) atoms. The maximum atomic E-state index is 5.90. The van der Waals surface area contributed by atoms with Gasteiger partial charge in [-0.05, 0) is 42.0 Å². The first-order chi connectivity index (χ1) is 8.88. The van der Waals surface area contributed by atoms with Crippen LogP contribution in [-0.2, 0) is 12.8 Å². The van der Waals surface area contributed by atoms with Gasteiger partial charge in [-0.1, -0.05) is 18.2 Å². The fraction of sp³-hybridized carbons (Fsp3) is 0.333. The second-order valence-electron chi connectivity index (χ2n) is 4.78. The lowest BCUT2D eigenvalue weighted by atomic mass is 9.95. The maximum absolute atomic E-state index is 5.90. The maximum Gasteiger partial charge on any atom is 0.136 e. The predicted octanol–water partition coefficient (Wildman–Crippen LogP) is 2.06. The Labute approximate surface area is 107 Å². The highest BCUT2D eigenvalue weighted by atomic mass is 14.9. The van der Waals surface area contributed by atoms with Crippen molar-refractivity contribution < 1.29 is 0 Å². The third-order valence-electron chi connectivity index (χ3n) is 3.66. The van der Waals surface area contributed by atoms with Crippen molar-refractivity contribution in [2.75, 3.05) is 6.54 Å². The van der Waals surface area contributed by atoms with Crippen LogP contribution in [0.15, 0.2) is 36.7 Å². The van der Waals surface area contributed by atoms with E-state index in [1.165, 1.54) is 36.0 Å². The molecule has 0 aliphatic heterocycles. The van der Waals surface area contributed by atoms with Gasteiger partial charge in [-0.25, -0.2) is 9.97 Å². The topological polar surface area (TPSA) is 51.8 Å². The van der Waals surface area contributed by atoms with Crippen LogP contribution in [0.4, 0.5) is 0 Å². The molecule has 0 spiro atoms. The van der Waals surface area contributed by atoms with Crippen LogP contribution < -0.4 is 5.73 Å². The van der Waals surface area contributed by atoms with Gasteiger partial charge in [0.15, 0.2) is 0 Å². The van der Waals surface area contributed by atoms with Gasteiger partial charge in [-0.15, -0.1) is 0 Å². The summed E-state index contributed by atoms with van der Waals surface area (Å²) in [6.45, 7) is 0.544. The van der Waals surface area contributed by atoms with Crippen LogP contribution in [0.1, 0.15) is 34.9 Å². The number of nitrogens with zero attached hydrogens (tertiary/aromatic N) is 2. The van der Waals surface area contributed by atoms with E-state index >= 15 is 0 Å². The number of nitrogens with two attached hydrogens (primary N) is 1. The minimum atomic E-state index is 0.108. The highest BCUT2D eigenvalue weighted by molar-refractivity contribution is 5.38. The first-order valence-corrected chi connectivity index (χ1v) is 6.47. The Hall–Kier alpha value is -1.74. The van der Waals surface area contributed by atoms with Gasteiger partial charge in [0.2, 0.25) is 0 Å². The number of aryl methyl sites for hydroxylation is 2. The standard InChI is InChI=1S/C15H17N3/c16-10-14(15-17-7-2-8-18-15)13-6-5-11-3-1-4-12(11)9-13/h2,5-9,14H,1,3-4,10,16H2. The van der Waals surface area contributed by atoms with Crippen molar-refractivity contribution in [3.8, 4) is 0 Å². The van der Waals surface area contributed by atoms with Crippen LogP contribution in [0.25, 0.3) is 0 Å². The molecule has 3 heteroatoms. The third-order valence-corrected chi connectivity index (χ3v) is 3.66. The van der Waals surface area contributed by atoms with Crippen molar-refractivity contribution >= 4 is 0 Å². The molecule has 1 atom stereocenters. The summed E-state index contributed by atoms with van der Waals surface area (Å²) in [7, 11) is 0. The van der Waals surface area contributed by atoms with Gasteiger partial charge in [-0.2, -0.15) is 0 Å². The summed E-state index contributed by atoms with van der Waals surface area (Å²) in [5, 5.41) is 0. The van der Waals surface area contributed by atoms with Gasteiger partial charge < -0.3 is 5.73 Å². The molecule has 1 aromatic heterocycles. The van der Waals surface area contributed by atoms with Gasteiger partial charge in [0.25, 0.3) is 0 Å². The van der Waals surface area contributed by atoms with Crippen molar-refractivity contribution in [1.29, 1.82) is 0 Å². The average Bonchev–Trinajstić information content (AvgIpc) is 2.88. The SMILES string of the molecule is NCC(c1ccc2c(c1)CCC2)c1ncccn1. The summed E-state index contributed by atoms with van der Waals surface area (Å²) in [4.78, 5) is 8.66. The Kier molecular flexibility index (Phi) is 3.07. The van der Waals surface area contributed by atoms with Gasteiger partial charge in [0.05, 0.1) is 5.92 Å². The Morgan fingerprint density at radius 1 is 1.11 bits per heavy atom. The number of fused-ring (bicyclic) bond motifs is 1. The quantitative estimate of drug-likeness (QED) is 0.892. The first kappa shape index (κ1) is 11.4. The zero-order chi connectivity index (χ0) is 12.4. The summed E-state index contributed by atoms with van der Waals surface area (Å²) >= 11 is 0. The molecule has 3 nitrogen and oxygen atoms in total. The molecule has 92 valence electrons. The van der Waals surface area contributed by atoms with Crippen molar-refractivity contribution in [2.24, 2.45) is 5.73 Å². The van der Waals surface area contributed by atoms with Gasteiger partial charge in [-0.3, -0.25) is 0 Å². The van der Waals surface area contributed by atoms with Crippen molar-refractivity contribution in [3.05, 3.63) is 59.2 Å². The molecule has 0 saturated heterocycles. The Morgan fingerprint density at radius 3 is 2.67 bits per heavy atom. The van der Waals surface area contributed by atoms with Crippen LogP contribution in [-0.4, -0.2) is 16.5 Å². The van der Waals surface area contributed by atoms with E-state index in [9.17, 15) is 0 Å². The minimum absolute atomic E-state index is 0.108. The van der Waals surface area contributed by atoms with Gasteiger partial charge in [0.1, 0.15) is 5.82 Å².